The highest BCUT2D eigenvalue weighted by Gasteiger charge is 2.21. The second-order valence-corrected chi connectivity index (χ2v) is 4.60. The minimum Gasteiger partial charge on any atom is -0.375 e. The van der Waals surface area contributed by atoms with Crippen LogP contribution in [-0.2, 0) is 4.74 Å². The van der Waals surface area contributed by atoms with Crippen LogP contribution in [0.1, 0.15) is 28.8 Å². The summed E-state index contributed by atoms with van der Waals surface area (Å²) in [6.07, 6.45) is -0.289. The number of hydrogen-bond acceptors (Lipinski definition) is 2. The van der Waals surface area contributed by atoms with Crippen molar-refractivity contribution in [1.29, 1.82) is 0 Å². The molecule has 2 N–H and O–H groups in total. The van der Waals surface area contributed by atoms with Crippen LogP contribution in [0.2, 0.25) is 0 Å². The molecule has 2 aromatic rings. The first-order valence-corrected chi connectivity index (χ1v) is 6.23. The fourth-order valence-corrected chi connectivity index (χ4v) is 2.12. The second-order valence-electron chi connectivity index (χ2n) is 4.60. The first-order valence-electron chi connectivity index (χ1n) is 6.23. The summed E-state index contributed by atoms with van der Waals surface area (Å²) in [7, 11) is 1.61. The molecule has 2 atom stereocenters. The molecule has 0 spiro atoms. The zero-order valence-corrected chi connectivity index (χ0v) is 11.1. The van der Waals surface area contributed by atoms with Crippen molar-refractivity contribution in [2.45, 2.75) is 19.1 Å². The quantitative estimate of drug-likeness (QED) is 0.911. The molecule has 100 valence electrons. The zero-order chi connectivity index (χ0) is 13.8. The number of rotatable bonds is 4. The van der Waals surface area contributed by atoms with Crippen LogP contribution >= 0.6 is 0 Å². The normalized spacial score (nSPS) is 14.1. The first kappa shape index (κ1) is 13.7. The summed E-state index contributed by atoms with van der Waals surface area (Å²) in [5.41, 5.74) is 8.54. The van der Waals surface area contributed by atoms with Gasteiger partial charge in [-0.15, -0.1) is 0 Å². The Kier molecular flexibility index (Phi) is 4.30. The molecule has 0 bridgehead atoms. The highest BCUT2D eigenvalue weighted by atomic mass is 19.1. The lowest BCUT2D eigenvalue weighted by Gasteiger charge is -2.23. The highest BCUT2D eigenvalue weighted by Crippen LogP contribution is 2.30. The van der Waals surface area contributed by atoms with E-state index in [1.165, 1.54) is 6.07 Å². The third kappa shape index (κ3) is 3.00. The van der Waals surface area contributed by atoms with Crippen LogP contribution in [0, 0.1) is 12.7 Å². The predicted octanol–water partition coefficient (Wildman–Crippen LogP) is 3.52. The summed E-state index contributed by atoms with van der Waals surface area (Å²) in [6.45, 7) is 1.73. The average Bonchev–Trinajstić information content (AvgIpc) is 2.44. The van der Waals surface area contributed by atoms with Gasteiger partial charge in [0.15, 0.2) is 0 Å². The van der Waals surface area contributed by atoms with Crippen LogP contribution in [0.15, 0.2) is 48.5 Å². The first-order chi connectivity index (χ1) is 9.13. The Morgan fingerprint density at radius 1 is 1.05 bits per heavy atom. The van der Waals surface area contributed by atoms with E-state index in [0.29, 0.717) is 5.56 Å². The lowest BCUT2D eigenvalue weighted by Crippen LogP contribution is -2.21. The van der Waals surface area contributed by atoms with E-state index in [-0.39, 0.29) is 11.9 Å². The molecule has 0 aliphatic heterocycles. The van der Waals surface area contributed by atoms with Crippen LogP contribution in [-0.4, -0.2) is 7.11 Å². The number of aryl methyl sites for hydroxylation is 1. The van der Waals surface area contributed by atoms with E-state index in [9.17, 15) is 4.39 Å². The second kappa shape index (κ2) is 5.95. The summed E-state index contributed by atoms with van der Waals surface area (Å²) in [4.78, 5) is 0. The number of halogens is 1. The van der Waals surface area contributed by atoms with Crippen molar-refractivity contribution in [3.05, 3.63) is 71.0 Å². The molecule has 0 aliphatic rings. The maximum atomic E-state index is 13.6. The summed E-state index contributed by atoms with van der Waals surface area (Å²) in [6, 6.07) is 14.4. The molecule has 0 radical (unpaired) electrons. The van der Waals surface area contributed by atoms with Crippen molar-refractivity contribution in [3.63, 3.8) is 0 Å². The van der Waals surface area contributed by atoms with Gasteiger partial charge in [-0.3, -0.25) is 0 Å². The molecule has 2 unspecified atom stereocenters. The summed E-state index contributed by atoms with van der Waals surface area (Å²) in [5, 5.41) is 0. The molecule has 0 amide bonds. The number of methoxy groups -OCH3 is 1. The van der Waals surface area contributed by atoms with Gasteiger partial charge in [0.25, 0.3) is 0 Å². The molecule has 0 saturated carbocycles. The molecule has 0 heterocycles. The van der Waals surface area contributed by atoms with E-state index < -0.39 is 6.04 Å². The molecule has 2 nitrogen and oxygen atoms in total. The average molecular weight is 259 g/mol. The Balaban J connectivity index is 2.30. The molecular weight excluding hydrogens is 241 g/mol. The van der Waals surface area contributed by atoms with Crippen LogP contribution in [0.5, 0.6) is 0 Å². The van der Waals surface area contributed by atoms with Crippen molar-refractivity contribution >= 4 is 0 Å². The highest BCUT2D eigenvalue weighted by molar-refractivity contribution is 5.29. The standard InChI is InChI=1S/C16H18FNO/c1-11-8-9-13(10-14(11)17)15(18)16(19-2)12-6-4-3-5-7-12/h3-10,15-16H,18H2,1-2H3. The molecule has 0 fully saturated rings. The van der Waals surface area contributed by atoms with Gasteiger partial charge in [-0.25, -0.2) is 4.39 Å². The van der Waals surface area contributed by atoms with Gasteiger partial charge in [-0.05, 0) is 29.7 Å². The van der Waals surface area contributed by atoms with Crippen molar-refractivity contribution < 1.29 is 9.13 Å². The van der Waals surface area contributed by atoms with E-state index in [2.05, 4.69) is 0 Å². The summed E-state index contributed by atoms with van der Waals surface area (Å²) >= 11 is 0. The number of nitrogens with two attached hydrogens (primary N) is 1. The Hall–Kier alpha value is -1.71. The van der Waals surface area contributed by atoms with Gasteiger partial charge in [-0.1, -0.05) is 42.5 Å². The Bertz CT molecular complexity index is 542. The van der Waals surface area contributed by atoms with Gasteiger partial charge in [0.05, 0.1) is 6.04 Å². The summed E-state index contributed by atoms with van der Waals surface area (Å²) < 4.78 is 19.1. The number of hydrogen-bond donors (Lipinski definition) is 1. The Morgan fingerprint density at radius 2 is 1.74 bits per heavy atom. The van der Waals surface area contributed by atoms with Crippen LogP contribution in [0.3, 0.4) is 0 Å². The van der Waals surface area contributed by atoms with Gasteiger partial charge in [0.2, 0.25) is 0 Å². The molecule has 3 heteroatoms. The largest absolute Gasteiger partial charge is 0.375 e. The molecular formula is C16H18FNO. The van der Waals surface area contributed by atoms with Crippen LogP contribution < -0.4 is 5.73 Å². The molecule has 0 saturated heterocycles. The van der Waals surface area contributed by atoms with Crippen molar-refractivity contribution in [3.8, 4) is 0 Å². The van der Waals surface area contributed by atoms with Crippen LogP contribution in [0.4, 0.5) is 4.39 Å². The van der Waals surface area contributed by atoms with Crippen LogP contribution in [0.25, 0.3) is 0 Å². The third-order valence-corrected chi connectivity index (χ3v) is 3.29. The van der Waals surface area contributed by atoms with Gasteiger partial charge < -0.3 is 10.5 Å². The molecule has 0 aromatic heterocycles. The van der Waals surface area contributed by atoms with Gasteiger partial charge in [0, 0.05) is 7.11 Å². The molecule has 2 aromatic carbocycles. The van der Waals surface area contributed by atoms with E-state index in [1.54, 1.807) is 20.1 Å². The monoisotopic (exact) mass is 259 g/mol. The fourth-order valence-electron chi connectivity index (χ4n) is 2.12. The minimum absolute atomic E-state index is 0.240. The Labute approximate surface area is 113 Å². The zero-order valence-electron chi connectivity index (χ0n) is 11.1. The third-order valence-electron chi connectivity index (χ3n) is 3.29. The maximum Gasteiger partial charge on any atom is 0.126 e. The van der Waals surface area contributed by atoms with Crippen molar-refractivity contribution in [1.82, 2.24) is 0 Å². The Morgan fingerprint density at radius 3 is 2.32 bits per heavy atom. The number of benzene rings is 2. The van der Waals surface area contributed by atoms with E-state index in [4.69, 9.17) is 10.5 Å². The molecule has 0 aliphatic carbocycles. The number of ether oxygens (including phenoxy) is 1. The molecule has 2 rings (SSSR count). The predicted molar refractivity (Wildman–Crippen MR) is 74.3 cm³/mol. The molecule has 19 heavy (non-hydrogen) atoms. The minimum atomic E-state index is -0.400. The lowest BCUT2D eigenvalue weighted by molar-refractivity contribution is 0.0801. The van der Waals surface area contributed by atoms with Gasteiger partial charge >= 0.3 is 0 Å². The van der Waals surface area contributed by atoms with Crippen molar-refractivity contribution in [2.75, 3.05) is 7.11 Å². The van der Waals surface area contributed by atoms with E-state index >= 15 is 0 Å². The van der Waals surface area contributed by atoms with E-state index in [1.807, 2.05) is 36.4 Å². The SMILES string of the molecule is COC(c1ccccc1)C(N)c1ccc(C)c(F)c1. The maximum absolute atomic E-state index is 13.6. The van der Waals surface area contributed by atoms with Gasteiger partial charge in [-0.2, -0.15) is 0 Å². The smallest absolute Gasteiger partial charge is 0.126 e. The lowest BCUT2D eigenvalue weighted by atomic mass is 9.95. The topological polar surface area (TPSA) is 35.2 Å². The fraction of sp³-hybridized carbons (Fsp3) is 0.250. The van der Waals surface area contributed by atoms with Gasteiger partial charge in [0.1, 0.15) is 11.9 Å². The van der Waals surface area contributed by atoms with Crippen molar-refractivity contribution in [2.24, 2.45) is 5.73 Å². The van der Waals surface area contributed by atoms with E-state index in [0.717, 1.165) is 11.1 Å². The summed E-state index contributed by atoms with van der Waals surface area (Å²) in [5.74, 6) is -0.240.